The van der Waals surface area contributed by atoms with Crippen LogP contribution in [0.2, 0.25) is 0 Å². The molecule has 0 aliphatic heterocycles. The molecule has 1 aliphatic rings. The van der Waals surface area contributed by atoms with Gasteiger partial charge in [-0.2, -0.15) is 0 Å². The van der Waals surface area contributed by atoms with E-state index in [1.165, 1.54) is 0 Å². The van der Waals surface area contributed by atoms with Gasteiger partial charge in [-0.05, 0) is 38.8 Å². The summed E-state index contributed by atoms with van der Waals surface area (Å²) in [4.78, 5) is 12.4. The fourth-order valence-electron chi connectivity index (χ4n) is 2.81. The van der Waals surface area contributed by atoms with Crippen LogP contribution in [0.25, 0.3) is 0 Å². The lowest BCUT2D eigenvalue weighted by Crippen LogP contribution is -2.51. The Hall–Kier alpha value is -2.03. The molecule has 2 atom stereocenters. The quantitative estimate of drug-likeness (QED) is 0.874. The molecular formula is C19H25NO2. The molecule has 3 heteroatoms. The highest BCUT2D eigenvalue weighted by molar-refractivity contribution is 5.70. The Morgan fingerprint density at radius 1 is 1.23 bits per heavy atom. The number of hydrogen-bond donors (Lipinski definition) is 1. The van der Waals surface area contributed by atoms with Crippen LogP contribution in [0.4, 0.5) is 4.79 Å². The van der Waals surface area contributed by atoms with Crippen molar-refractivity contribution in [2.24, 2.45) is 5.92 Å². The first-order valence-corrected chi connectivity index (χ1v) is 7.68. The van der Waals surface area contributed by atoms with Crippen molar-refractivity contribution in [3.63, 3.8) is 0 Å². The Balaban J connectivity index is 2.40. The minimum atomic E-state index is -0.581. The fourth-order valence-corrected chi connectivity index (χ4v) is 2.81. The molecule has 118 valence electrons. The van der Waals surface area contributed by atoms with Gasteiger partial charge >= 0.3 is 6.09 Å². The van der Waals surface area contributed by atoms with Crippen LogP contribution in [0, 0.1) is 12.8 Å². The molecule has 1 N–H and O–H groups in total. The molecule has 1 aromatic carbocycles. The molecule has 1 amide bonds. The maximum Gasteiger partial charge on any atom is 0.408 e. The smallest absolute Gasteiger partial charge is 0.408 e. The van der Waals surface area contributed by atoms with Crippen molar-refractivity contribution in [1.82, 2.24) is 5.32 Å². The zero-order chi connectivity index (χ0) is 16.4. The number of carbonyl (C=O) groups is 1. The molecule has 0 radical (unpaired) electrons. The summed E-state index contributed by atoms with van der Waals surface area (Å²) in [6.45, 7) is 9.77. The molecule has 0 saturated heterocycles. The first-order chi connectivity index (χ1) is 10.2. The Morgan fingerprint density at radius 3 is 2.50 bits per heavy atom. The van der Waals surface area contributed by atoms with E-state index in [9.17, 15) is 4.79 Å². The molecule has 0 fully saturated rings. The average molecular weight is 299 g/mol. The van der Waals surface area contributed by atoms with Crippen LogP contribution in [0.3, 0.4) is 0 Å². The van der Waals surface area contributed by atoms with E-state index in [1.54, 1.807) is 0 Å². The molecule has 0 heterocycles. The Bertz CT molecular complexity index is 610. The molecule has 2 unspecified atom stereocenters. The predicted molar refractivity (Wildman–Crippen MR) is 89.7 cm³/mol. The van der Waals surface area contributed by atoms with Crippen molar-refractivity contribution in [1.29, 1.82) is 0 Å². The first kappa shape index (κ1) is 16.3. The van der Waals surface area contributed by atoms with Gasteiger partial charge in [0.05, 0.1) is 5.54 Å². The number of allylic oxidation sites excluding steroid dienone is 2. The SMILES string of the molecule is Cc1ccccc1C1(NC(=O)OC(C)(C)C)C=CC=CC1C. The number of rotatable bonds is 2. The third-order valence-electron chi connectivity index (χ3n) is 3.89. The van der Waals surface area contributed by atoms with E-state index in [0.717, 1.165) is 11.1 Å². The van der Waals surface area contributed by atoms with Gasteiger partial charge in [0, 0.05) is 5.92 Å². The highest BCUT2D eigenvalue weighted by atomic mass is 16.6. The highest BCUT2D eigenvalue weighted by Gasteiger charge is 2.39. The van der Waals surface area contributed by atoms with Crippen molar-refractivity contribution in [3.8, 4) is 0 Å². The van der Waals surface area contributed by atoms with E-state index in [-0.39, 0.29) is 5.92 Å². The number of amides is 1. The Morgan fingerprint density at radius 2 is 1.91 bits per heavy atom. The fraction of sp³-hybridized carbons (Fsp3) is 0.421. The second kappa shape index (κ2) is 5.99. The van der Waals surface area contributed by atoms with Gasteiger partial charge in [-0.15, -0.1) is 0 Å². The first-order valence-electron chi connectivity index (χ1n) is 7.68. The van der Waals surface area contributed by atoms with Crippen LogP contribution >= 0.6 is 0 Å². The second-order valence-electron chi connectivity index (χ2n) is 6.84. The van der Waals surface area contributed by atoms with Crippen molar-refractivity contribution in [3.05, 3.63) is 59.7 Å². The summed E-state index contributed by atoms with van der Waals surface area (Å²) in [5.41, 5.74) is 1.14. The maximum absolute atomic E-state index is 12.4. The standard InChI is InChI=1S/C19H25NO2/c1-14-10-6-7-12-16(14)19(13-9-8-11-15(19)2)20-17(21)22-18(3,4)5/h6-13,15H,1-5H3,(H,20,21). The lowest BCUT2D eigenvalue weighted by molar-refractivity contribution is 0.0456. The molecule has 1 aliphatic carbocycles. The maximum atomic E-state index is 12.4. The number of alkyl carbamates (subject to hydrolysis) is 1. The van der Waals surface area contributed by atoms with E-state index in [0.29, 0.717) is 0 Å². The van der Waals surface area contributed by atoms with E-state index >= 15 is 0 Å². The minimum absolute atomic E-state index is 0.131. The van der Waals surface area contributed by atoms with Gasteiger partial charge in [0.25, 0.3) is 0 Å². The zero-order valence-electron chi connectivity index (χ0n) is 14.0. The van der Waals surface area contributed by atoms with Crippen molar-refractivity contribution >= 4 is 6.09 Å². The van der Waals surface area contributed by atoms with E-state index in [2.05, 4.69) is 37.4 Å². The number of benzene rings is 1. The molecule has 2 rings (SSSR count). The molecular weight excluding hydrogens is 274 g/mol. The van der Waals surface area contributed by atoms with Crippen LogP contribution in [0.15, 0.2) is 48.6 Å². The van der Waals surface area contributed by atoms with Gasteiger partial charge in [0.1, 0.15) is 5.60 Å². The summed E-state index contributed by atoms with van der Waals surface area (Å²) >= 11 is 0. The zero-order valence-corrected chi connectivity index (χ0v) is 14.0. The van der Waals surface area contributed by atoms with Crippen LogP contribution in [0.5, 0.6) is 0 Å². The molecule has 22 heavy (non-hydrogen) atoms. The molecule has 1 aromatic rings. The van der Waals surface area contributed by atoms with Gasteiger partial charge in [-0.1, -0.05) is 55.5 Å². The Labute approximate surface area is 133 Å². The molecule has 0 aromatic heterocycles. The van der Waals surface area contributed by atoms with Gasteiger partial charge in [-0.3, -0.25) is 0 Å². The van der Waals surface area contributed by atoms with E-state index in [4.69, 9.17) is 4.74 Å². The second-order valence-corrected chi connectivity index (χ2v) is 6.84. The third-order valence-corrected chi connectivity index (χ3v) is 3.89. The molecule has 0 bridgehead atoms. The number of ether oxygens (including phenoxy) is 1. The van der Waals surface area contributed by atoms with Crippen LogP contribution in [-0.2, 0) is 10.3 Å². The summed E-state index contributed by atoms with van der Waals surface area (Å²) < 4.78 is 5.47. The molecule has 0 saturated carbocycles. The van der Waals surface area contributed by atoms with E-state index < -0.39 is 17.2 Å². The van der Waals surface area contributed by atoms with Crippen LogP contribution in [0.1, 0.15) is 38.8 Å². The highest BCUT2D eigenvalue weighted by Crippen LogP contribution is 2.36. The lowest BCUT2D eigenvalue weighted by atomic mass is 9.75. The van der Waals surface area contributed by atoms with Gasteiger partial charge in [0.2, 0.25) is 0 Å². The largest absolute Gasteiger partial charge is 0.444 e. The number of aryl methyl sites for hydroxylation is 1. The summed E-state index contributed by atoms with van der Waals surface area (Å²) in [5.74, 6) is 0.131. The number of carbonyl (C=O) groups excluding carboxylic acids is 1. The third kappa shape index (κ3) is 3.41. The summed E-state index contributed by atoms with van der Waals surface area (Å²) in [6, 6.07) is 8.13. The summed E-state index contributed by atoms with van der Waals surface area (Å²) in [5, 5.41) is 3.10. The van der Waals surface area contributed by atoms with Crippen molar-refractivity contribution in [2.75, 3.05) is 0 Å². The van der Waals surface area contributed by atoms with Crippen molar-refractivity contribution < 1.29 is 9.53 Å². The normalized spacial score (nSPS) is 24.1. The topological polar surface area (TPSA) is 38.3 Å². The predicted octanol–water partition coefficient (Wildman–Crippen LogP) is 4.48. The number of hydrogen-bond acceptors (Lipinski definition) is 2. The summed E-state index contributed by atoms with van der Waals surface area (Å²) in [7, 11) is 0. The van der Waals surface area contributed by atoms with Gasteiger partial charge in [0.15, 0.2) is 0 Å². The monoisotopic (exact) mass is 299 g/mol. The molecule has 3 nitrogen and oxygen atoms in total. The Kier molecular flexibility index (Phi) is 4.45. The molecule has 0 spiro atoms. The van der Waals surface area contributed by atoms with E-state index in [1.807, 2.05) is 51.1 Å². The van der Waals surface area contributed by atoms with Gasteiger partial charge < -0.3 is 10.1 Å². The minimum Gasteiger partial charge on any atom is -0.444 e. The van der Waals surface area contributed by atoms with Crippen LogP contribution in [-0.4, -0.2) is 11.7 Å². The summed E-state index contributed by atoms with van der Waals surface area (Å²) in [6.07, 6.45) is 7.73. The lowest BCUT2D eigenvalue weighted by Gasteiger charge is -2.39. The number of nitrogens with one attached hydrogen (secondary N) is 1. The average Bonchev–Trinajstić information content (AvgIpc) is 2.40. The van der Waals surface area contributed by atoms with Crippen molar-refractivity contribution in [2.45, 2.75) is 45.8 Å². The van der Waals surface area contributed by atoms with Crippen LogP contribution < -0.4 is 5.32 Å². The van der Waals surface area contributed by atoms with Gasteiger partial charge in [-0.25, -0.2) is 4.79 Å².